The molecule has 0 unspecified atom stereocenters. The number of methoxy groups -OCH3 is 1. The molecule has 1 aromatic rings. The molecule has 0 aliphatic rings. The predicted molar refractivity (Wildman–Crippen MR) is 65.7 cm³/mol. The molecule has 0 saturated heterocycles. The monoisotopic (exact) mass is 223 g/mol. The molecular formula is C10H13N3OS. The summed E-state index contributed by atoms with van der Waals surface area (Å²) in [6.07, 6.45) is 3.48. The van der Waals surface area contributed by atoms with E-state index in [9.17, 15) is 0 Å². The van der Waals surface area contributed by atoms with Crippen molar-refractivity contribution in [3.63, 3.8) is 0 Å². The number of hydrogen-bond acceptors (Lipinski definition) is 4. The quantitative estimate of drug-likeness (QED) is 0.482. The minimum Gasteiger partial charge on any atom is -0.497 e. The van der Waals surface area contributed by atoms with Gasteiger partial charge in [-0.1, -0.05) is 23.9 Å². The van der Waals surface area contributed by atoms with Gasteiger partial charge in [0.25, 0.3) is 0 Å². The minimum atomic E-state index is 0.439. The van der Waals surface area contributed by atoms with Crippen molar-refractivity contribution in [2.75, 3.05) is 13.4 Å². The lowest BCUT2D eigenvalue weighted by molar-refractivity contribution is 0.415. The molecule has 0 atom stereocenters. The van der Waals surface area contributed by atoms with Crippen molar-refractivity contribution < 1.29 is 4.74 Å². The highest BCUT2D eigenvalue weighted by atomic mass is 32.2. The molecule has 0 aliphatic carbocycles. The lowest BCUT2D eigenvalue weighted by atomic mass is 10.2. The van der Waals surface area contributed by atoms with E-state index in [1.165, 1.54) is 11.8 Å². The standard InChI is InChI=1S/C10H13N3OS/c1-14-9-5-3-4-8(6-9)7-12-13-10(11)15-2/h3-7H,1-2H3,(H2,11,13)/b12-7-. The van der Waals surface area contributed by atoms with Gasteiger partial charge in [0.05, 0.1) is 13.3 Å². The molecule has 0 saturated carbocycles. The number of hydrogen-bond donors (Lipinski definition) is 1. The molecule has 0 aliphatic heterocycles. The molecule has 0 aromatic heterocycles. The van der Waals surface area contributed by atoms with Gasteiger partial charge in [0.1, 0.15) is 5.75 Å². The predicted octanol–water partition coefficient (Wildman–Crippen LogP) is 1.71. The highest BCUT2D eigenvalue weighted by Crippen LogP contribution is 2.10. The van der Waals surface area contributed by atoms with Crippen molar-refractivity contribution in [3.05, 3.63) is 29.8 Å². The van der Waals surface area contributed by atoms with E-state index in [4.69, 9.17) is 10.5 Å². The SMILES string of the molecule is COc1cccc(/C=N\N=C(/N)SC)c1. The fourth-order valence-corrected chi connectivity index (χ4v) is 1.04. The van der Waals surface area contributed by atoms with E-state index in [1.54, 1.807) is 13.3 Å². The van der Waals surface area contributed by atoms with Gasteiger partial charge in [-0.25, -0.2) is 0 Å². The number of amidine groups is 1. The highest BCUT2D eigenvalue weighted by Gasteiger charge is 1.91. The lowest BCUT2D eigenvalue weighted by Crippen LogP contribution is -2.03. The third-order valence-corrected chi connectivity index (χ3v) is 2.17. The first-order valence-corrected chi connectivity index (χ1v) is 5.53. The first-order valence-electron chi connectivity index (χ1n) is 4.31. The normalized spacial score (nSPS) is 12.0. The van der Waals surface area contributed by atoms with Crippen LogP contribution in [0.25, 0.3) is 0 Å². The number of thioether (sulfide) groups is 1. The Hall–Kier alpha value is -1.49. The van der Waals surface area contributed by atoms with Crippen molar-refractivity contribution in [2.24, 2.45) is 15.9 Å². The molecule has 1 aromatic carbocycles. The van der Waals surface area contributed by atoms with E-state index in [2.05, 4.69) is 10.2 Å². The van der Waals surface area contributed by atoms with Crippen molar-refractivity contribution in [1.29, 1.82) is 0 Å². The average molecular weight is 223 g/mol. The molecule has 0 heterocycles. The Morgan fingerprint density at radius 1 is 1.53 bits per heavy atom. The fraction of sp³-hybridized carbons (Fsp3) is 0.200. The topological polar surface area (TPSA) is 60.0 Å². The van der Waals surface area contributed by atoms with Gasteiger partial charge < -0.3 is 10.5 Å². The van der Waals surface area contributed by atoms with Crippen LogP contribution in [0.2, 0.25) is 0 Å². The van der Waals surface area contributed by atoms with Gasteiger partial charge in [-0.3, -0.25) is 0 Å². The van der Waals surface area contributed by atoms with Crippen molar-refractivity contribution >= 4 is 23.1 Å². The molecular weight excluding hydrogens is 210 g/mol. The van der Waals surface area contributed by atoms with Crippen LogP contribution >= 0.6 is 11.8 Å². The molecule has 0 bridgehead atoms. The summed E-state index contributed by atoms with van der Waals surface area (Å²) < 4.78 is 5.08. The Kier molecular flexibility index (Phi) is 4.70. The van der Waals surface area contributed by atoms with Crippen LogP contribution in [-0.4, -0.2) is 24.7 Å². The molecule has 5 heteroatoms. The summed E-state index contributed by atoms with van der Waals surface area (Å²) in [4.78, 5) is 0. The van der Waals surface area contributed by atoms with Crippen LogP contribution in [0.4, 0.5) is 0 Å². The van der Waals surface area contributed by atoms with Crippen LogP contribution in [0.3, 0.4) is 0 Å². The largest absolute Gasteiger partial charge is 0.497 e. The number of nitrogens with zero attached hydrogens (tertiary/aromatic N) is 2. The van der Waals surface area contributed by atoms with Crippen LogP contribution in [0.5, 0.6) is 5.75 Å². The number of nitrogens with two attached hydrogens (primary N) is 1. The molecule has 15 heavy (non-hydrogen) atoms. The maximum Gasteiger partial charge on any atom is 0.180 e. The van der Waals surface area contributed by atoms with Gasteiger partial charge >= 0.3 is 0 Å². The maximum atomic E-state index is 5.47. The Labute approximate surface area is 93.2 Å². The molecule has 80 valence electrons. The maximum absolute atomic E-state index is 5.47. The molecule has 0 amide bonds. The number of benzene rings is 1. The smallest absolute Gasteiger partial charge is 0.180 e. The second-order valence-corrected chi connectivity index (χ2v) is 3.49. The number of ether oxygens (including phenoxy) is 1. The van der Waals surface area contributed by atoms with Crippen LogP contribution in [0.15, 0.2) is 34.5 Å². The van der Waals surface area contributed by atoms with Gasteiger partial charge in [0.15, 0.2) is 5.17 Å². The van der Waals surface area contributed by atoms with Crippen LogP contribution < -0.4 is 10.5 Å². The van der Waals surface area contributed by atoms with Gasteiger partial charge in [-0.05, 0) is 24.0 Å². The van der Waals surface area contributed by atoms with Gasteiger partial charge in [-0.2, -0.15) is 5.10 Å². The second kappa shape index (κ2) is 6.08. The van der Waals surface area contributed by atoms with Crippen molar-refractivity contribution in [1.82, 2.24) is 0 Å². The summed E-state index contributed by atoms with van der Waals surface area (Å²) in [5.74, 6) is 0.792. The average Bonchev–Trinajstić information content (AvgIpc) is 2.29. The highest BCUT2D eigenvalue weighted by molar-refractivity contribution is 8.13. The first-order chi connectivity index (χ1) is 7.26. The summed E-state index contributed by atoms with van der Waals surface area (Å²) in [5, 5.41) is 8.07. The zero-order chi connectivity index (χ0) is 11.1. The first kappa shape index (κ1) is 11.6. The third kappa shape index (κ3) is 4.03. The van der Waals surface area contributed by atoms with Gasteiger partial charge in [-0.15, -0.1) is 5.10 Å². The van der Waals surface area contributed by atoms with E-state index in [0.717, 1.165) is 11.3 Å². The van der Waals surface area contributed by atoms with Crippen LogP contribution in [0.1, 0.15) is 5.56 Å². The summed E-state index contributed by atoms with van der Waals surface area (Å²) in [7, 11) is 1.63. The Balaban J connectivity index is 2.72. The zero-order valence-corrected chi connectivity index (χ0v) is 9.49. The lowest BCUT2D eigenvalue weighted by Gasteiger charge is -1.98. The minimum absolute atomic E-state index is 0.439. The summed E-state index contributed by atoms with van der Waals surface area (Å²) in [6, 6.07) is 7.55. The summed E-state index contributed by atoms with van der Waals surface area (Å²) >= 11 is 1.36. The molecule has 2 N–H and O–H groups in total. The van der Waals surface area contributed by atoms with E-state index in [1.807, 2.05) is 30.5 Å². The molecule has 1 rings (SSSR count). The molecule has 0 spiro atoms. The van der Waals surface area contributed by atoms with Gasteiger partial charge in [0.2, 0.25) is 0 Å². The van der Waals surface area contributed by atoms with Crippen LogP contribution in [0, 0.1) is 0 Å². The van der Waals surface area contributed by atoms with E-state index in [0.29, 0.717) is 5.17 Å². The summed E-state index contributed by atoms with van der Waals surface area (Å²) in [5.41, 5.74) is 6.39. The zero-order valence-electron chi connectivity index (χ0n) is 8.68. The fourth-order valence-electron chi connectivity index (χ4n) is 0.915. The van der Waals surface area contributed by atoms with E-state index >= 15 is 0 Å². The third-order valence-electron chi connectivity index (χ3n) is 1.67. The Bertz CT molecular complexity index is 377. The molecule has 4 nitrogen and oxygen atoms in total. The summed E-state index contributed by atoms with van der Waals surface area (Å²) in [6.45, 7) is 0. The van der Waals surface area contributed by atoms with Crippen molar-refractivity contribution in [3.8, 4) is 5.75 Å². The van der Waals surface area contributed by atoms with Crippen molar-refractivity contribution in [2.45, 2.75) is 0 Å². The van der Waals surface area contributed by atoms with E-state index < -0.39 is 0 Å². The van der Waals surface area contributed by atoms with Gasteiger partial charge in [0, 0.05) is 0 Å². The van der Waals surface area contributed by atoms with Crippen LogP contribution in [-0.2, 0) is 0 Å². The number of rotatable bonds is 3. The molecule has 0 fully saturated rings. The second-order valence-electron chi connectivity index (χ2n) is 2.66. The van der Waals surface area contributed by atoms with E-state index in [-0.39, 0.29) is 0 Å². The Morgan fingerprint density at radius 2 is 2.33 bits per heavy atom. The Morgan fingerprint density at radius 3 is 3.00 bits per heavy atom. The molecule has 0 radical (unpaired) electrons.